The van der Waals surface area contributed by atoms with Crippen LogP contribution in [0.25, 0.3) is 5.69 Å². The molecular formula is C18H17ClF3N5O2. The number of anilines is 1. The Morgan fingerprint density at radius 3 is 2.34 bits per heavy atom. The van der Waals surface area contributed by atoms with E-state index in [1.54, 1.807) is 49.0 Å². The van der Waals surface area contributed by atoms with Gasteiger partial charge < -0.3 is 5.32 Å². The number of amides is 1. The Morgan fingerprint density at radius 2 is 1.79 bits per heavy atom. The average Bonchev–Trinajstić information content (AvgIpc) is 3.05. The number of hydrogen-bond donors (Lipinski definition) is 1. The molecule has 0 aliphatic rings. The number of aromatic nitrogens is 4. The molecule has 0 bridgehead atoms. The zero-order valence-corrected chi connectivity index (χ0v) is 16.5. The van der Waals surface area contributed by atoms with Gasteiger partial charge in [0.25, 0.3) is 5.56 Å². The average molecular weight is 428 g/mol. The van der Waals surface area contributed by atoms with Crippen LogP contribution in [0.1, 0.15) is 17.1 Å². The van der Waals surface area contributed by atoms with E-state index in [-0.39, 0.29) is 11.4 Å². The predicted molar refractivity (Wildman–Crippen MR) is 101 cm³/mol. The van der Waals surface area contributed by atoms with Crippen molar-refractivity contribution in [2.45, 2.75) is 26.6 Å². The molecule has 3 aromatic rings. The Hall–Kier alpha value is -3.01. The van der Waals surface area contributed by atoms with Crippen LogP contribution in [0.3, 0.4) is 0 Å². The SMILES string of the molecule is Cc1c(Cl)c(C(F)(F)F)nn1CC(=O)Nc1c(C)n(C)n(-c2ccccc2)c1=O. The maximum Gasteiger partial charge on any atom is 0.436 e. The van der Waals surface area contributed by atoms with Gasteiger partial charge >= 0.3 is 6.18 Å². The van der Waals surface area contributed by atoms with E-state index in [0.29, 0.717) is 11.4 Å². The Labute approximate surface area is 168 Å². The van der Waals surface area contributed by atoms with E-state index in [4.69, 9.17) is 11.6 Å². The molecule has 0 radical (unpaired) electrons. The van der Waals surface area contributed by atoms with Crippen molar-refractivity contribution >= 4 is 23.2 Å². The number of nitrogens with zero attached hydrogens (tertiary/aromatic N) is 4. The number of para-hydroxylation sites is 1. The van der Waals surface area contributed by atoms with Gasteiger partial charge in [-0.05, 0) is 26.0 Å². The van der Waals surface area contributed by atoms with Crippen LogP contribution in [-0.2, 0) is 24.6 Å². The number of hydrogen-bond acceptors (Lipinski definition) is 3. The van der Waals surface area contributed by atoms with E-state index in [1.807, 2.05) is 0 Å². The molecule has 0 unspecified atom stereocenters. The second-order valence-electron chi connectivity index (χ2n) is 6.39. The molecule has 0 aliphatic carbocycles. The summed E-state index contributed by atoms with van der Waals surface area (Å²) in [6.07, 6.45) is -4.73. The molecule has 1 N–H and O–H groups in total. The first-order valence-electron chi connectivity index (χ1n) is 8.46. The van der Waals surface area contributed by atoms with Gasteiger partial charge in [0.15, 0.2) is 5.69 Å². The minimum atomic E-state index is -4.73. The van der Waals surface area contributed by atoms with Gasteiger partial charge in [-0.1, -0.05) is 29.8 Å². The van der Waals surface area contributed by atoms with Crippen molar-refractivity contribution in [3.63, 3.8) is 0 Å². The van der Waals surface area contributed by atoms with Gasteiger partial charge in [-0.3, -0.25) is 19.0 Å². The second kappa shape index (κ2) is 7.43. The van der Waals surface area contributed by atoms with Crippen molar-refractivity contribution in [3.05, 3.63) is 62.8 Å². The van der Waals surface area contributed by atoms with Gasteiger partial charge in [-0.25, -0.2) is 4.68 Å². The molecule has 154 valence electrons. The Morgan fingerprint density at radius 1 is 1.17 bits per heavy atom. The molecular weight excluding hydrogens is 411 g/mol. The lowest BCUT2D eigenvalue weighted by atomic mass is 10.3. The fourth-order valence-corrected chi connectivity index (χ4v) is 3.13. The third-order valence-electron chi connectivity index (χ3n) is 4.51. The summed E-state index contributed by atoms with van der Waals surface area (Å²) < 4.78 is 42.6. The summed E-state index contributed by atoms with van der Waals surface area (Å²) in [6.45, 7) is 2.45. The normalized spacial score (nSPS) is 11.7. The van der Waals surface area contributed by atoms with E-state index in [0.717, 1.165) is 4.68 Å². The van der Waals surface area contributed by atoms with Crippen LogP contribution in [0.5, 0.6) is 0 Å². The number of benzene rings is 1. The summed E-state index contributed by atoms with van der Waals surface area (Å²) in [5.41, 5.74) is -0.594. The number of rotatable bonds is 4. The van der Waals surface area contributed by atoms with Crippen LogP contribution >= 0.6 is 11.6 Å². The lowest BCUT2D eigenvalue weighted by Gasteiger charge is -2.07. The summed E-state index contributed by atoms with van der Waals surface area (Å²) >= 11 is 5.69. The van der Waals surface area contributed by atoms with Crippen molar-refractivity contribution in [2.24, 2.45) is 7.05 Å². The van der Waals surface area contributed by atoms with Gasteiger partial charge in [0.1, 0.15) is 12.2 Å². The van der Waals surface area contributed by atoms with E-state index >= 15 is 0 Å². The topological polar surface area (TPSA) is 73.8 Å². The first-order chi connectivity index (χ1) is 13.5. The number of nitrogens with one attached hydrogen (secondary N) is 1. The molecule has 2 aromatic heterocycles. The largest absolute Gasteiger partial charge is 0.436 e. The van der Waals surface area contributed by atoms with Crippen LogP contribution in [0, 0.1) is 13.8 Å². The highest BCUT2D eigenvalue weighted by atomic mass is 35.5. The first-order valence-corrected chi connectivity index (χ1v) is 8.84. The van der Waals surface area contributed by atoms with Crippen LogP contribution in [0.4, 0.5) is 18.9 Å². The summed E-state index contributed by atoms with van der Waals surface area (Å²) in [6, 6.07) is 8.82. The van der Waals surface area contributed by atoms with E-state index in [9.17, 15) is 22.8 Å². The molecule has 2 heterocycles. The summed E-state index contributed by atoms with van der Waals surface area (Å²) in [4.78, 5) is 25.2. The maximum absolute atomic E-state index is 12.9. The summed E-state index contributed by atoms with van der Waals surface area (Å²) in [7, 11) is 1.66. The van der Waals surface area contributed by atoms with Crippen LogP contribution in [0.2, 0.25) is 5.02 Å². The second-order valence-corrected chi connectivity index (χ2v) is 6.77. The molecule has 0 saturated carbocycles. The van der Waals surface area contributed by atoms with Gasteiger partial charge in [0.05, 0.1) is 22.1 Å². The quantitative estimate of drug-likeness (QED) is 0.694. The molecule has 0 aliphatic heterocycles. The van der Waals surface area contributed by atoms with Crippen molar-refractivity contribution in [1.82, 2.24) is 19.1 Å². The fraction of sp³-hybridized carbons (Fsp3) is 0.278. The van der Waals surface area contributed by atoms with Crippen molar-refractivity contribution in [3.8, 4) is 5.69 Å². The van der Waals surface area contributed by atoms with Crippen LogP contribution in [0.15, 0.2) is 35.1 Å². The number of carbonyl (C=O) groups is 1. The first kappa shape index (κ1) is 20.7. The monoisotopic (exact) mass is 427 g/mol. The molecule has 0 atom stereocenters. The van der Waals surface area contributed by atoms with E-state index in [2.05, 4.69) is 10.4 Å². The minimum absolute atomic E-state index is 0.000576. The Balaban J connectivity index is 1.89. The van der Waals surface area contributed by atoms with Gasteiger partial charge in [-0.15, -0.1) is 0 Å². The zero-order valence-electron chi connectivity index (χ0n) is 15.7. The number of alkyl halides is 3. The highest BCUT2D eigenvalue weighted by Gasteiger charge is 2.38. The molecule has 1 aromatic carbocycles. The Bertz CT molecular complexity index is 1130. The van der Waals surface area contributed by atoms with Crippen molar-refractivity contribution in [1.29, 1.82) is 0 Å². The predicted octanol–water partition coefficient (Wildman–Crippen LogP) is 3.30. The molecule has 3 rings (SSSR count). The molecule has 7 nitrogen and oxygen atoms in total. The minimum Gasteiger partial charge on any atom is -0.318 e. The molecule has 0 fully saturated rings. The van der Waals surface area contributed by atoms with Crippen LogP contribution in [-0.4, -0.2) is 25.1 Å². The molecule has 29 heavy (non-hydrogen) atoms. The lowest BCUT2D eigenvalue weighted by Crippen LogP contribution is -2.25. The lowest BCUT2D eigenvalue weighted by molar-refractivity contribution is -0.141. The van der Waals surface area contributed by atoms with E-state index < -0.39 is 34.9 Å². The molecule has 0 saturated heterocycles. The summed E-state index contributed by atoms with van der Waals surface area (Å²) in [5.74, 6) is -0.702. The van der Waals surface area contributed by atoms with Gasteiger partial charge in [-0.2, -0.15) is 18.3 Å². The molecule has 11 heteroatoms. The van der Waals surface area contributed by atoms with Gasteiger partial charge in [0.2, 0.25) is 5.91 Å². The smallest absolute Gasteiger partial charge is 0.318 e. The summed E-state index contributed by atoms with van der Waals surface area (Å²) in [5, 5.41) is 5.30. The highest BCUT2D eigenvalue weighted by Crippen LogP contribution is 2.35. The van der Waals surface area contributed by atoms with Crippen molar-refractivity contribution in [2.75, 3.05) is 5.32 Å². The molecule has 1 amide bonds. The van der Waals surface area contributed by atoms with E-state index in [1.165, 1.54) is 11.6 Å². The van der Waals surface area contributed by atoms with Crippen molar-refractivity contribution < 1.29 is 18.0 Å². The Kier molecular flexibility index (Phi) is 5.31. The number of halogens is 4. The third-order valence-corrected chi connectivity index (χ3v) is 4.97. The highest BCUT2D eigenvalue weighted by molar-refractivity contribution is 6.32. The number of carbonyl (C=O) groups excluding carboxylic acids is 1. The standard InChI is InChI=1S/C18H17ClF3N5O2/c1-10-14(19)16(18(20,21)22)24-26(10)9-13(28)23-15-11(2)25(3)27(17(15)29)12-7-5-4-6-8-12/h4-8H,9H2,1-3H3,(H,23,28). The van der Waals surface area contributed by atoms with Gasteiger partial charge in [0, 0.05) is 7.05 Å². The third kappa shape index (κ3) is 3.80. The fourth-order valence-electron chi connectivity index (χ4n) is 2.89. The maximum atomic E-state index is 12.9. The molecule has 0 spiro atoms. The zero-order chi connectivity index (χ0) is 21.5. The van der Waals surface area contributed by atoms with Crippen LogP contribution < -0.4 is 10.9 Å².